The molecule has 4 nitrogen and oxygen atoms in total. The molecule has 0 N–H and O–H groups in total. The lowest BCUT2D eigenvalue weighted by molar-refractivity contribution is -0.142. The van der Waals surface area contributed by atoms with Gasteiger partial charge in [-0.05, 0) is 19.8 Å². The molecule has 0 radical (unpaired) electrons. The van der Waals surface area contributed by atoms with Gasteiger partial charge in [0.2, 0.25) is 0 Å². The van der Waals surface area contributed by atoms with Crippen LogP contribution < -0.4 is 0 Å². The topological polar surface area (TPSA) is 48.4 Å². The molecule has 0 aliphatic rings. The standard InChI is InChI=1S/C13H21NO3S/c1-5-16-11(15)7-10-8-18-13(14-10)12(9(3)4)17-6-2/h8-9,12H,5-7H2,1-4H3. The number of hydrogen-bond donors (Lipinski definition) is 0. The van der Waals surface area contributed by atoms with Crippen molar-refractivity contribution >= 4 is 17.3 Å². The van der Waals surface area contributed by atoms with E-state index in [-0.39, 0.29) is 18.5 Å². The molecule has 0 spiro atoms. The van der Waals surface area contributed by atoms with Crippen molar-refractivity contribution in [3.05, 3.63) is 16.1 Å². The van der Waals surface area contributed by atoms with Crippen molar-refractivity contribution in [1.29, 1.82) is 0 Å². The highest BCUT2D eigenvalue weighted by Gasteiger charge is 2.20. The van der Waals surface area contributed by atoms with Gasteiger partial charge in [-0.25, -0.2) is 4.98 Å². The van der Waals surface area contributed by atoms with Gasteiger partial charge in [0.05, 0.1) is 18.7 Å². The van der Waals surface area contributed by atoms with E-state index >= 15 is 0 Å². The molecule has 0 aromatic carbocycles. The smallest absolute Gasteiger partial charge is 0.311 e. The molecule has 0 bridgehead atoms. The summed E-state index contributed by atoms with van der Waals surface area (Å²) in [6, 6.07) is 0. The van der Waals surface area contributed by atoms with Crippen molar-refractivity contribution in [3.8, 4) is 0 Å². The van der Waals surface area contributed by atoms with Crippen LogP contribution in [0.15, 0.2) is 5.38 Å². The molecule has 0 saturated heterocycles. The molecule has 1 unspecified atom stereocenters. The van der Waals surface area contributed by atoms with Gasteiger partial charge in [-0.1, -0.05) is 13.8 Å². The fourth-order valence-corrected chi connectivity index (χ4v) is 2.66. The largest absolute Gasteiger partial charge is 0.466 e. The maximum atomic E-state index is 11.4. The second-order valence-corrected chi connectivity index (χ2v) is 5.17. The van der Waals surface area contributed by atoms with E-state index in [4.69, 9.17) is 9.47 Å². The third kappa shape index (κ3) is 4.38. The second-order valence-electron chi connectivity index (χ2n) is 4.28. The van der Waals surface area contributed by atoms with Crippen molar-refractivity contribution in [2.75, 3.05) is 13.2 Å². The molecular weight excluding hydrogens is 250 g/mol. The van der Waals surface area contributed by atoms with Gasteiger partial charge in [-0.2, -0.15) is 0 Å². The molecule has 0 aliphatic heterocycles. The van der Waals surface area contributed by atoms with Crippen LogP contribution in [0.4, 0.5) is 0 Å². The summed E-state index contributed by atoms with van der Waals surface area (Å²) in [5.41, 5.74) is 0.763. The number of hydrogen-bond acceptors (Lipinski definition) is 5. The van der Waals surface area contributed by atoms with E-state index < -0.39 is 0 Å². The normalized spacial score (nSPS) is 12.7. The summed E-state index contributed by atoms with van der Waals surface area (Å²) in [5, 5.41) is 2.84. The lowest BCUT2D eigenvalue weighted by Gasteiger charge is -2.17. The van der Waals surface area contributed by atoms with Crippen LogP contribution in [0.5, 0.6) is 0 Å². The molecular formula is C13H21NO3S. The summed E-state index contributed by atoms with van der Waals surface area (Å²) in [4.78, 5) is 15.8. The Morgan fingerprint density at radius 2 is 2.11 bits per heavy atom. The van der Waals surface area contributed by atoms with Crippen LogP contribution in [-0.4, -0.2) is 24.2 Å². The number of aromatic nitrogens is 1. The van der Waals surface area contributed by atoms with Gasteiger partial charge >= 0.3 is 5.97 Å². The Labute approximate surface area is 112 Å². The van der Waals surface area contributed by atoms with Crippen molar-refractivity contribution in [1.82, 2.24) is 4.98 Å². The van der Waals surface area contributed by atoms with E-state index in [1.54, 1.807) is 18.3 Å². The average Bonchev–Trinajstić information content (AvgIpc) is 2.73. The zero-order chi connectivity index (χ0) is 13.5. The first-order valence-electron chi connectivity index (χ1n) is 6.30. The number of ether oxygens (including phenoxy) is 2. The first-order valence-corrected chi connectivity index (χ1v) is 7.17. The van der Waals surface area contributed by atoms with Crippen molar-refractivity contribution in [2.45, 2.75) is 40.2 Å². The van der Waals surface area contributed by atoms with E-state index in [0.29, 0.717) is 19.1 Å². The molecule has 1 aromatic heterocycles. The maximum Gasteiger partial charge on any atom is 0.311 e. The maximum absolute atomic E-state index is 11.4. The molecule has 1 heterocycles. The molecule has 0 saturated carbocycles. The zero-order valence-corrected chi connectivity index (χ0v) is 12.3. The Morgan fingerprint density at radius 1 is 1.39 bits per heavy atom. The van der Waals surface area contributed by atoms with Gasteiger partial charge in [0, 0.05) is 12.0 Å². The quantitative estimate of drug-likeness (QED) is 0.715. The van der Waals surface area contributed by atoms with Crippen LogP contribution in [0.3, 0.4) is 0 Å². The highest BCUT2D eigenvalue weighted by Crippen LogP contribution is 2.28. The Morgan fingerprint density at radius 3 is 2.67 bits per heavy atom. The average molecular weight is 271 g/mol. The first-order chi connectivity index (χ1) is 8.58. The monoisotopic (exact) mass is 271 g/mol. The van der Waals surface area contributed by atoms with Crippen LogP contribution in [0.25, 0.3) is 0 Å². The highest BCUT2D eigenvalue weighted by atomic mass is 32.1. The molecule has 0 fully saturated rings. The van der Waals surface area contributed by atoms with Gasteiger partial charge in [-0.3, -0.25) is 4.79 Å². The summed E-state index contributed by atoms with van der Waals surface area (Å²) < 4.78 is 10.6. The summed E-state index contributed by atoms with van der Waals surface area (Å²) in [5.74, 6) is 0.137. The molecule has 102 valence electrons. The second kappa shape index (κ2) is 7.48. The summed E-state index contributed by atoms with van der Waals surface area (Å²) in [6.07, 6.45) is 0.248. The fourth-order valence-electron chi connectivity index (χ4n) is 1.62. The SMILES string of the molecule is CCOC(=O)Cc1csc(C(OCC)C(C)C)n1. The minimum Gasteiger partial charge on any atom is -0.466 e. The molecule has 1 rings (SSSR count). The van der Waals surface area contributed by atoms with E-state index in [2.05, 4.69) is 18.8 Å². The number of carbonyl (C=O) groups excluding carboxylic acids is 1. The van der Waals surface area contributed by atoms with Crippen LogP contribution in [0, 0.1) is 5.92 Å². The first kappa shape index (κ1) is 15.1. The van der Waals surface area contributed by atoms with Gasteiger partial charge in [0.15, 0.2) is 0 Å². The van der Waals surface area contributed by atoms with Crippen LogP contribution in [0.1, 0.15) is 44.5 Å². The number of thiazole rings is 1. The van der Waals surface area contributed by atoms with Crippen LogP contribution in [0.2, 0.25) is 0 Å². The number of carbonyl (C=O) groups is 1. The predicted molar refractivity (Wildman–Crippen MR) is 71.7 cm³/mol. The number of rotatable bonds is 7. The zero-order valence-electron chi connectivity index (χ0n) is 11.4. The minimum absolute atomic E-state index is 0.0101. The molecule has 18 heavy (non-hydrogen) atoms. The lowest BCUT2D eigenvalue weighted by Crippen LogP contribution is -2.12. The Hall–Kier alpha value is -0.940. The molecule has 0 aliphatic carbocycles. The van der Waals surface area contributed by atoms with Gasteiger partial charge in [0.1, 0.15) is 11.1 Å². The third-order valence-corrected chi connectivity index (χ3v) is 3.35. The number of nitrogens with zero attached hydrogens (tertiary/aromatic N) is 1. The predicted octanol–water partition coefficient (Wildman–Crippen LogP) is 2.98. The molecule has 0 amide bonds. The fraction of sp³-hybridized carbons (Fsp3) is 0.692. The van der Waals surface area contributed by atoms with Gasteiger partial charge < -0.3 is 9.47 Å². The highest BCUT2D eigenvalue weighted by molar-refractivity contribution is 7.09. The van der Waals surface area contributed by atoms with Gasteiger partial charge in [-0.15, -0.1) is 11.3 Å². The van der Waals surface area contributed by atoms with Crippen molar-refractivity contribution in [3.63, 3.8) is 0 Å². The Bertz CT molecular complexity index is 376. The Kier molecular flexibility index (Phi) is 6.29. The minimum atomic E-state index is -0.230. The van der Waals surface area contributed by atoms with Crippen molar-refractivity contribution in [2.24, 2.45) is 5.92 Å². The van der Waals surface area contributed by atoms with Crippen LogP contribution in [-0.2, 0) is 20.7 Å². The molecule has 1 atom stereocenters. The molecule has 5 heteroatoms. The summed E-state index contributed by atoms with van der Waals surface area (Å²) >= 11 is 1.54. The van der Waals surface area contributed by atoms with Crippen molar-refractivity contribution < 1.29 is 14.3 Å². The van der Waals surface area contributed by atoms with Gasteiger partial charge in [0.25, 0.3) is 0 Å². The van der Waals surface area contributed by atoms with E-state index in [1.807, 2.05) is 12.3 Å². The van der Waals surface area contributed by atoms with E-state index in [0.717, 1.165) is 10.7 Å². The van der Waals surface area contributed by atoms with E-state index in [9.17, 15) is 4.79 Å². The van der Waals surface area contributed by atoms with Crippen LogP contribution >= 0.6 is 11.3 Å². The summed E-state index contributed by atoms with van der Waals surface area (Å²) in [7, 11) is 0. The summed E-state index contributed by atoms with van der Waals surface area (Å²) in [6.45, 7) is 9.05. The third-order valence-electron chi connectivity index (χ3n) is 2.40. The number of esters is 1. The lowest BCUT2D eigenvalue weighted by atomic mass is 10.1. The Balaban J connectivity index is 2.68. The molecule has 1 aromatic rings. The van der Waals surface area contributed by atoms with E-state index in [1.165, 1.54) is 0 Å².